The van der Waals surface area contributed by atoms with Crippen LogP contribution in [0.15, 0.2) is 54.6 Å². The van der Waals surface area contributed by atoms with Gasteiger partial charge in [0.15, 0.2) is 0 Å². The summed E-state index contributed by atoms with van der Waals surface area (Å²) in [5, 5.41) is 9.33. The zero-order chi connectivity index (χ0) is 16.2. The van der Waals surface area contributed by atoms with Crippen LogP contribution in [0.1, 0.15) is 23.5 Å². The first-order chi connectivity index (χ1) is 11.2. The minimum Gasteiger partial charge on any atom is -0.481 e. The smallest absolute Gasteiger partial charge is 0.414 e. The monoisotopic (exact) mass is 311 g/mol. The number of benzene rings is 2. The maximum atomic E-state index is 12.4. The van der Waals surface area contributed by atoms with Gasteiger partial charge in [0, 0.05) is 6.54 Å². The van der Waals surface area contributed by atoms with Crippen LogP contribution in [0.4, 0.5) is 10.5 Å². The summed E-state index contributed by atoms with van der Waals surface area (Å²) in [6.45, 7) is 0.530. The Morgan fingerprint density at radius 2 is 1.78 bits per heavy atom. The highest BCUT2D eigenvalue weighted by Crippen LogP contribution is 2.35. The summed E-state index contributed by atoms with van der Waals surface area (Å²) >= 11 is 0. The molecule has 0 radical (unpaired) electrons. The lowest BCUT2D eigenvalue weighted by molar-refractivity contribution is -0.139. The summed E-state index contributed by atoms with van der Waals surface area (Å²) < 4.78 is 5.36. The highest BCUT2D eigenvalue weighted by Gasteiger charge is 2.32. The Morgan fingerprint density at radius 3 is 2.52 bits per heavy atom. The minimum atomic E-state index is -0.866. The molecule has 2 aromatic rings. The van der Waals surface area contributed by atoms with Crippen molar-refractivity contribution in [2.75, 3.05) is 11.4 Å². The third kappa shape index (κ3) is 3.18. The topological polar surface area (TPSA) is 66.8 Å². The number of carbonyl (C=O) groups excluding carboxylic acids is 1. The van der Waals surface area contributed by atoms with Gasteiger partial charge in [-0.1, -0.05) is 48.5 Å². The summed E-state index contributed by atoms with van der Waals surface area (Å²) in [4.78, 5) is 25.2. The Hall–Kier alpha value is -2.82. The van der Waals surface area contributed by atoms with E-state index < -0.39 is 18.0 Å². The molecule has 1 aliphatic heterocycles. The molecule has 0 saturated heterocycles. The first-order valence-corrected chi connectivity index (χ1v) is 7.47. The van der Waals surface area contributed by atoms with E-state index in [4.69, 9.17) is 4.74 Å². The van der Waals surface area contributed by atoms with Gasteiger partial charge in [0.1, 0.15) is 6.61 Å². The van der Waals surface area contributed by atoms with E-state index in [2.05, 4.69) is 0 Å². The molecular weight excluding hydrogens is 294 g/mol. The highest BCUT2D eigenvalue weighted by atomic mass is 16.6. The number of anilines is 1. The average molecular weight is 311 g/mol. The lowest BCUT2D eigenvalue weighted by Gasteiger charge is -2.31. The Balaban J connectivity index is 1.76. The van der Waals surface area contributed by atoms with Gasteiger partial charge in [0.2, 0.25) is 0 Å². The van der Waals surface area contributed by atoms with Crippen LogP contribution in [0.5, 0.6) is 0 Å². The van der Waals surface area contributed by atoms with Gasteiger partial charge in [0.05, 0.1) is 11.6 Å². The van der Waals surface area contributed by atoms with E-state index in [9.17, 15) is 14.7 Å². The molecule has 23 heavy (non-hydrogen) atoms. The summed E-state index contributed by atoms with van der Waals surface area (Å²) in [6, 6.07) is 16.5. The van der Waals surface area contributed by atoms with Crippen LogP contribution in [-0.2, 0) is 16.1 Å². The van der Waals surface area contributed by atoms with E-state index in [0.717, 1.165) is 5.56 Å². The van der Waals surface area contributed by atoms with E-state index >= 15 is 0 Å². The van der Waals surface area contributed by atoms with Crippen molar-refractivity contribution in [2.45, 2.75) is 18.9 Å². The van der Waals surface area contributed by atoms with Gasteiger partial charge >= 0.3 is 12.1 Å². The molecule has 2 aromatic carbocycles. The van der Waals surface area contributed by atoms with Gasteiger partial charge in [-0.25, -0.2) is 4.79 Å². The molecule has 0 spiro atoms. The Bertz CT molecular complexity index is 714. The number of fused-ring (bicyclic) bond motifs is 1. The third-order valence-corrected chi connectivity index (χ3v) is 3.97. The van der Waals surface area contributed by atoms with Gasteiger partial charge < -0.3 is 9.84 Å². The maximum Gasteiger partial charge on any atom is 0.414 e. The van der Waals surface area contributed by atoms with Crippen LogP contribution in [0.3, 0.4) is 0 Å². The number of carboxylic acid groups (broad SMARTS) is 1. The van der Waals surface area contributed by atoms with Crippen LogP contribution in [0.25, 0.3) is 0 Å². The maximum absolute atomic E-state index is 12.4. The van der Waals surface area contributed by atoms with Crippen molar-refractivity contribution in [1.82, 2.24) is 0 Å². The Morgan fingerprint density at radius 1 is 1.09 bits per heavy atom. The van der Waals surface area contributed by atoms with Gasteiger partial charge in [-0.3, -0.25) is 9.69 Å². The number of hydrogen-bond acceptors (Lipinski definition) is 3. The number of rotatable bonds is 3. The fourth-order valence-corrected chi connectivity index (χ4v) is 2.81. The number of carbonyl (C=O) groups is 2. The molecule has 0 fully saturated rings. The third-order valence-electron chi connectivity index (χ3n) is 3.97. The number of ether oxygens (including phenoxy) is 1. The van der Waals surface area contributed by atoms with E-state index in [1.54, 1.807) is 24.3 Å². The standard InChI is InChI=1S/C18H17NO4/c20-17(21)15-10-11-19(16-9-5-4-8-14(15)16)18(22)23-12-13-6-2-1-3-7-13/h1-9,15H,10-12H2,(H,20,21). The van der Waals surface area contributed by atoms with Crippen molar-refractivity contribution in [3.63, 3.8) is 0 Å². The summed E-state index contributed by atoms with van der Waals surface area (Å²) in [6.07, 6.45) is -0.0718. The molecule has 1 heterocycles. The molecule has 118 valence electrons. The first-order valence-electron chi connectivity index (χ1n) is 7.47. The molecule has 5 nitrogen and oxygen atoms in total. The van der Waals surface area contributed by atoms with Crippen LogP contribution in [0.2, 0.25) is 0 Å². The van der Waals surface area contributed by atoms with Gasteiger partial charge in [-0.2, -0.15) is 0 Å². The molecule has 3 rings (SSSR count). The number of aliphatic carboxylic acids is 1. The molecule has 0 bridgehead atoms. The van der Waals surface area contributed by atoms with Gasteiger partial charge in [-0.15, -0.1) is 0 Å². The SMILES string of the molecule is O=C(O)C1CCN(C(=O)OCc2ccccc2)c2ccccc21. The second kappa shape index (κ2) is 6.52. The summed E-state index contributed by atoms with van der Waals surface area (Å²) in [7, 11) is 0. The van der Waals surface area contributed by atoms with Crippen molar-refractivity contribution < 1.29 is 19.4 Å². The number of amides is 1. The zero-order valence-electron chi connectivity index (χ0n) is 12.5. The molecule has 0 aromatic heterocycles. The average Bonchev–Trinajstić information content (AvgIpc) is 2.59. The lowest BCUT2D eigenvalue weighted by atomic mass is 9.90. The molecule has 5 heteroatoms. The molecule has 1 amide bonds. The van der Waals surface area contributed by atoms with E-state index in [-0.39, 0.29) is 6.61 Å². The normalized spacial score (nSPS) is 16.5. The van der Waals surface area contributed by atoms with Crippen molar-refractivity contribution >= 4 is 17.7 Å². The van der Waals surface area contributed by atoms with Gasteiger partial charge in [0.25, 0.3) is 0 Å². The lowest BCUT2D eigenvalue weighted by Crippen LogP contribution is -2.38. The number of hydrogen-bond donors (Lipinski definition) is 1. The molecule has 0 aliphatic carbocycles. The van der Waals surface area contributed by atoms with E-state index in [0.29, 0.717) is 24.2 Å². The fourth-order valence-electron chi connectivity index (χ4n) is 2.81. The fraction of sp³-hybridized carbons (Fsp3) is 0.222. The van der Waals surface area contributed by atoms with Crippen molar-refractivity contribution in [2.24, 2.45) is 0 Å². The van der Waals surface area contributed by atoms with E-state index in [1.165, 1.54) is 4.90 Å². The second-order valence-corrected chi connectivity index (χ2v) is 5.43. The molecule has 1 aliphatic rings. The number of carboxylic acids is 1. The van der Waals surface area contributed by atoms with E-state index in [1.807, 2.05) is 30.3 Å². The molecular formula is C18H17NO4. The molecule has 0 saturated carbocycles. The van der Waals surface area contributed by atoms with Crippen molar-refractivity contribution in [3.05, 3.63) is 65.7 Å². The molecule has 1 atom stereocenters. The van der Waals surface area contributed by atoms with Crippen molar-refractivity contribution in [1.29, 1.82) is 0 Å². The predicted octanol–water partition coefficient (Wildman–Crippen LogP) is 3.40. The van der Waals surface area contributed by atoms with Crippen LogP contribution in [-0.4, -0.2) is 23.7 Å². The van der Waals surface area contributed by atoms with Gasteiger partial charge in [-0.05, 0) is 23.6 Å². The number of para-hydroxylation sites is 1. The summed E-state index contributed by atoms with van der Waals surface area (Å²) in [5.74, 6) is -1.45. The molecule has 1 unspecified atom stereocenters. The number of nitrogens with zero attached hydrogens (tertiary/aromatic N) is 1. The minimum absolute atomic E-state index is 0.195. The van der Waals surface area contributed by atoms with Crippen LogP contribution in [0, 0.1) is 0 Å². The second-order valence-electron chi connectivity index (χ2n) is 5.43. The Kier molecular flexibility index (Phi) is 4.28. The quantitative estimate of drug-likeness (QED) is 0.943. The largest absolute Gasteiger partial charge is 0.481 e. The predicted molar refractivity (Wildman–Crippen MR) is 85.4 cm³/mol. The first kappa shape index (κ1) is 15.1. The van der Waals surface area contributed by atoms with Crippen molar-refractivity contribution in [3.8, 4) is 0 Å². The van der Waals surface area contributed by atoms with Crippen LogP contribution >= 0.6 is 0 Å². The highest BCUT2D eigenvalue weighted by molar-refractivity contribution is 5.92. The summed E-state index contributed by atoms with van der Waals surface area (Å²) in [5.41, 5.74) is 2.18. The Labute approximate surface area is 134 Å². The van der Waals surface area contributed by atoms with Crippen LogP contribution < -0.4 is 4.90 Å². The molecule has 1 N–H and O–H groups in total. The zero-order valence-corrected chi connectivity index (χ0v) is 12.5.